The molecule has 0 radical (unpaired) electrons. The van der Waals surface area contributed by atoms with Crippen molar-refractivity contribution < 1.29 is 23.1 Å². The third-order valence-corrected chi connectivity index (χ3v) is 6.16. The second-order valence-corrected chi connectivity index (χ2v) is 7.89. The van der Waals surface area contributed by atoms with Crippen molar-refractivity contribution in [2.45, 2.75) is 24.8 Å². The SMILES string of the molecule is Cc1cc([N+](=O)[O-])ccc1N(C(C)C(=O)Cl)S(=O)(=O)c1ccccc1[N+](=O)[O-]. The Morgan fingerprint density at radius 1 is 1.11 bits per heavy atom. The zero-order valence-corrected chi connectivity index (χ0v) is 16.2. The van der Waals surface area contributed by atoms with Crippen LogP contribution in [0.1, 0.15) is 12.5 Å². The van der Waals surface area contributed by atoms with Gasteiger partial charge in [-0.2, -0.15) is 0 Å². The first kappa shape index (κ1) is 21.3. The van der Waals surface area contributed by atoms with Crippen LogP contribution >= 0.6 is 11.6 Å². The van der Waals surface area contributed by atoms with Crippen LogP contribution in [0.15, 0.2) is 47.4 Å². The molecule has 10 nitrogen and oxygen atoms in total. The van der Waals surface area contributed by atoms with E-state index < -0.39 is 41.7 Å². The Morgan fingerprint density at radius 3 is 2.21 bits per heavy atom. The van der Waals surface area contributed by atoms with Crippen LogP contribution in [0.4, 0.5) is 17.1 Å². The fourth-order valence-corrected chi connectivity index (χ4v) is 4.57. The summed E-state index contributed by atoms with van der Waals surface area (Å²) in [5.41, 5.74) is -0.859. The van der Waals surface area contributed by atoms with Crippen LogP contribution in [-0.4, -0.2) is 29.5 Å². The minimum absolute atomic E-state index is 0.0646. The second-order valence-electron chi connectivity index (χ2n) is 5.73. The highest BCUT2D eigenvalue weighted by Crippen LogP contribution is 2.34. The molecule has 0 N–H and O–H groups in total. The van der Waals surface area contributed by atoms with E-state index in [1.165, 1.54) is 26.0 Å². The fourth-order valence-electron chi connectivity index (χ4n) is 2.57. The molecule has 2 rings (SSSR count). The van der Waals surface area contributed by atoms with E-state index in [1.54, 1.807) is 0 Å². The first-order valence-corrected chi connectivity index (χ1v) is 9.52. The van der Waals surface area contributed by atoms with E-state index in [-0.39, 0.29) is 16.9 Å². The van der Waals surface area contributed by atoms with E-state index in [0.717, 1.165) is 30.3 Å². The zero-order valence-electron chi connectivity index (χ0n) is 14.6. The Morgan fingerprint density at radius 2 is 1.71 bits per heavy atom. The van der Waals surface area contributed by atoms with Gasteiger partial charge >= 0.3 is 0 Å². The van der Waals surface area contributed by atoms with E-state index in [0.29, 0.717) is 4.31 Å². The maximum absolute atomic E-state index is 13.3. The number of hydrogen-bond donors (Lipinski definition) is 0. The number of non-ortho nitro benzene ring substituents is 1. The summed E-state index contributed by atoms with van der Waals surface area (Å²) in [6.07, 6.45) is 0. The smallest absolute Gasteiger partial charge is 0.279 e. The van der Waals surface area contributed by atoms with Crippen molar-refractivity contribution >= 4 is 43.9 Å². The number of hydrogen-bond acceptors (Lipinski definition) is 7. The van der Waals surface area contributed by atoms with E-state index in [1.807, 2.05) is 0 Å². The van der Waals surface area contributed by atoms with Crippen molar-refractivity contribution in [2.24, 2.45) is 0 Å². The van der Waals surface area contributed by atoms with Gasteiger partial charge in [-0.25, -0.2) is 8.42 Å². The Kier molecular flexibility index (Phi) is 6.00. The first-order valence-electron chi connectivity index (χ1n) is 7.70. The average Bonchev–Trinajstić information content (AvgIpc) is 2.62. The molecule has 12 heteroatoms. The van der Waals surface area contributed by atoms with Crippen molar-refractivity contribution in [3.63, 3.8) is 0 Å². The number of para-hydroxylation sites is 1. The largest absolute Gasteiger partial charge is 0.289 e. The Labute approximate surface area is 164 Å². The Hall–Kier alpha value is -3.05. The van der Waals surface area contributed by atoms with Crippen molar-refractivity contribution in [1.29, 1.82) is 0 Å². The molecule has 0 aromatic heterocycles. The molecule has 148 valence electrons. The molecule has 0 amide bonds. The van der Waals surface area contributed by atoms with Crippen LogP contribution in [0.3, 0.4) is 0 Å². The van der Waals surface area contributed by atoms with Gasteiger partial charge in [0.1, 0.15) is 6.04 Å². The number of nitro benzene ring substituents is 2. The summed E-state index contributed by atoms with van der Waals surface area (Å²) in [7, 11) is -4.61. The highest BCUT2D eigenvalue weighted by atomic mass is 35.5. The van der Waals surface area contributed by atoms with Gasteiger partial charge in [0.25, 0.3) is 21.4 Å². The molecular formula is C16H14ClN3O7S. The number of sulfonamides is 1. The zero-order chi connectivity index (χ0) is 21.2. The van der Waals surface area contributed by atoms with E-state index >= 15 is 0 Å². The summed E-state index contributed by atoms with van der Waals surface area (Å²) in [6.45, 7) is 2.62. The van der Waals surface area contributed by atoms with Crippen molar-refractivity contribution in [3.05, 3.63) is 68.3 Å². The van der Waals surface area contributed by atoms with E-state index in [2.05, 4.69) is 0 Å². The molecule has 2 aromatic rings. The summed E-state index contributed by atoms with van der Waals surface area (Å²) in [5.74, 6) is 0. The number of nitro groups is 2. The minimum Gasteiger partial charge on any atom is -0.279 e. The number of aryl methyl sites for hydroxylation is 1. The lowest BCUT2D eigenvalue weighted by Gasteiger charge is -2.29. The quantitative estimate of drug-likeness (QED) is 0.375. The molecular weight excluding hydrogens is 414 g/mol. The predicted molar refractivity (Wildman–Crippen MR) is 101 cm³/mol. The normalized spacial score (nSPS) is 12.2. The van der Waals surface area contributed by atoms with Crippen LogP contribution in [-0.2, 0) is 14.8 Å². The number of halogens is 1. The first-order chi connectivity index (χ1) is 13.0. The molecule has 28 heavy (non-hydrogen) atoms. The van der Waals surface area contributed by atoms with Crippen LogP contribution in [0, 0.1) is 27.2 Å². The molecule has 0 bridgehead atoms. The van der Waals surface area contributed by atoms with Crippen LogP contribution in [0.25, 0.3) is 0 Å². The maximum Gasteiger partial charge on any atom is 0.289 e. The number of benzene rings is 2. The van der Waals surface area contributed by atoms with Gasteiger partial charge < -0.3 is 0 Å². The van der Waals surface area contributed by atoms with Gasteiger partial charge in [0.15, 0.2) is 4.90 Å². The van der Waals surface area contributed by atoms with Crippen LogP contribution in [0.5, 0.6) is 0 Å². The summed E-state index contributed by atoms with van der Waals surface area (Å²) in [4.78, 5) is 31.8. The van der Waals surface area contributed by atoms with E-state index in [4.69, 9.17) is 11.6 Å². The van der Waals surface area contributed by atoms with Gasteiger partial charge in [-0.15, -0.1) is 0 Å². The van der Waals surface area contributed by atoms with Gasteiger partial charge in [-0.3, -0.25) is 29.3 Å². The molecule has 0 saturated heterocycles. The second kappa shape index (κ2) is 7.90. The predicted octanol–water partition coefficient (Wildman–Crippen LogP) is 3.16. The summed E-state index contributed by atoms with van der Waals surface area (Å²) in [6, 6.07) is 6.57. The maximum atomic E-state index is 13.3. The standard InChI is InChI=1S/C16H14ClN3O7S/c1-10-9-12(19(22)23)7-8-13(10)18(11(2)16(17)21)28(26,27)15-6-4-3-5-14(15)20(24)25/h3-9,11H,1-2H3. The number of anilines is 1. The van der Waals surface area contributed by atoms with Crippen LogP contribution < -0.4 is 4.31 Å². The third-order valence-electron chi connectivity index (χ3n) is 3.91. The van der Waals surface area contributed by atoms with Gasteiger partial charge in [0, 0.05) is 18.2 Å². The molecule has 0 aliphatic carbocycles. The number of carbonyl (C=O) groups is 1. The molecule has 0 aliphatic rings. The minimum atomic E-state index is -4.61. The summed E-state index contributed by atoms with van der Waals surface area (Å²) in [5, 5.41) is 21.2. The summed E-state index contributed by atoms with van der Waals surface area (Å²) >= 11 is 5.52. The lowest BCUT2D eigenvalue weighted by molar-refractivity contribution is -0.387. The highest BCUT2D eigenvalue weighted by Gasteiger charge is 2.37. The van der Waals surface area contributed by atoms with Gasteiger partial charge in [-0.1, -0.05) is 12.1 Å². The van der Waals surface area contributed by atoms with Crippen molar-refractivity contribution in [1.82, 2.24) is 0 Å². The van der Waals surface area contributed by atoms with E-state index in [9.17, 15) is 33.4 Å². The number of nitrogens with zero attached hydrogens (tertiary/aromatic N) is 3. The molecule has 0 fully saturated rings. The molecule has 0 aliphatic heterocycles. The van der Waals surface area contributed by atoms with Crippen LogP contribution in [0.2, 0.25) is 0 Å². The monoisotopic (exact) mass is 427 g/mol. The highest BCUT2D eigenvalue weighted by molar-refractivity contribution is 7.93. The molecule has 1 atom stereocenters. The third kappa shape index (κ3) is 3.94. The average molecular weight is 428 g/mol. The summed E-state index contributed by atoms with van der Waals surface area (Å²) < 4.78 is 27.1. The Balaban J connectivity index is 2.77. The molecule has 1 unspecified atom stereocenters. The molecule has 0 spiro atoms. The lowest BCUT2D eigenvalue weighted by atomic mass is 10.1. The topological polar surface area (TPSA) is 141 Å². The van der Waals surface area contributed by atoms with Gasteiger partial charge in [0.2, 0.25) is 5.24 Å². The fraction of sp³-hybridized carbons (Fsp3) is 0.188. The number of carbonyl (C=O) groups excluding carboxylic acids is 1. The Bertz CT molecular complexity index is 1070. The van der Waals surface area contributed by atoms with Gasteiger partial charge in [0.05, 0.1) is 15.5 Å². The molecule has 0 saturated carbocycles. The van der Waals surface area contributed by atoms with Crippen molar-refractivity contribution in [3.8, 4) is 0 Å². The molecule has 0 heterocycles. The van der Waals surface area contributed by atoms with Crippen molar-refractivity contribution in [2.75, 3.05) is 4.31 Å². The number of rotatable bonds is 7. The van der Waals surface area contributed by atoms with Gasteiger partial charge in [-0.05, 0) is 43.1 Å². The lowest BCUT2D eigenvalue weighted by Crippen LogP contribution is -2.42. The molecule has 2 aromatic carbocycles.